The molecule has 0 aliphatic carbocycles. The van der Waals surface area contributed by atoms with Crippen LogP contribution < -0.4 is 10.7 Å². The van der Waals surface area contributed by atoms with Crippen molar-refractivity contribution in [3.8, 4) is 0 Å². The van der Waals surface area contributed by atoms with Crippen LogP contribution in [0.15, 0.2) is 30.3 Å². The first-order valence-corrected chi connectivity index (χ1v) is 6.53. The maximum atomic E-state index is 12.1. The molecule has 0 fully saturated rings. The highest BCUT2D eigenvalue weighted by Crippen LogP contribution is 2.04. The first-order valence-electron chi connectivity index (χ1n) is 6.53. The first-order chi connectivity index (χ1) is 9.99. The largest absolute Gasteiger partial charge is 0.480 e. The molecule has 0 radical (unpaired) electrons. The summed E-state index contributed by atoms with van der Waals surface area (Å²) in [6.07, 6.45) is 0.0976. The lowest BCUT2D eigenvalue weighted by molar-refractivity contribution is -0.141. The molecule has 7 heteroatoms. The summed E-state index contributed by atoms with van der Waals surface area (Å²) in [6, 6.07) is 9.26. The summed E-state index contributed by atoms with van der Waals surface area (Å²) in [5.41, 5.74) is 3.37. The Morgan fingerprint density at radius 1 is 1.19 bits per heavy atom. The van der Waals surface area contributed by atoms with Crippen molar-refractivity contribution in [1.29, 1.82) is 0 Å². The Morgan fingerprint density at radius 2 is 1.86 bits per heavy atom. The van der Waals surface area contributed by atoms with Crippen LogP contribution in [0.5, 0.6) is 0 Å². The van der Waals surface area contributed by atoms with Crippen molar-refractivity contribution in [3.05, 3.63) is 35.9 Å². The zero-order chi connectivity index (χ0) is 15.7. The molecule has 0 spiro atoms. The minimum absolute atomic E-state index is 0.0976. The van der Waals surface area contributed by atoms with E-state index in [4.69, 9.17) is 5.11 Å². The molecule has 1 aromatic rings. The van der Waals surface area contributed by atoms with E-state index in [0.717, 1.165) is 5.56 Å². The molecule has 0 aliphatic heterocycles. The quantitative estimate of drug-likeness (QED) is 0.490. The number of hydrogen-bond acceptors (Lipinski definition) is 4. The molecular weight excluding hydrogens is 274 g/mol. The Morgan fingerprint density at radius 3 is 2.43 bits per heavy atom. The van der Waals surface area contributed by atoms with Crippen LogP contribution in [0, 0.1) is 0 Å². The molecule has 7 nitrogen and oxygen atoms in total. The summed E-state index contributed by atoms with van der Waals surface area (Å²) in [5, 5.41) is 12.4. The van der Waals surface area contributed by atoms with E-state index in [1.807, 2.05) is 30.3 Å². The molecule has 1 rings (SSSR count). The maximum absolute atomic E-state index is 12.1. The zero-order valence-electron chi connectivity index (χ0n) is 11.8. The van der Waals surface area contributed by atoms with E-state index in [2.05, 4.69) is 10.7 Å². The van der Waals surface area contributed by atoms with E-state index in [9.17, 15) is 14.4 Å². The van der Waals surface area contributed by atoms with Crippen molar-refractivity contribution >= 4 is 17.8 Å². The van der Waals surface area contributed by atoms with Gasteiger partial charge in [0.1, 0.15) is 0 Å². The summed E-state index contributed by atoms with van der Waals surface area (Å²) in [6.45, 7) is 1.62. The topological polar surface area (TPSA) is 98.7 Å². The van der Waals surface area contributed by atoms with Gasteiger partial charge in [0.05, 0.1) is 13.1 Å². The van der Waals surface area contributed by atoms with Gasteiger partial charge in [-0.1, -0.05) is 30.3 Å². The molecule has 21 heavy (non-hydrogen) atoms. The second-order valence-corrected chi connectivity index (χ2v) is 4.45. The monoisotopic (exact) mass is 293 g/mol. The van der Waals surface area contributed by atoms with Crippen LogP contribution in [0.25, 0.3) is 0 Å². The van der Waals surface area contributed by atoms with Crippen molar-refractivity contribution < 1.29 is 19.5 Å². The van der Waals surface area contributed by atoms with Gasteiger partial charge in [0.2, 0.25) is 11.8 Å². The summed E-state index contributed by atoms with van der Waals surface area (Å²) in [7, 11) is 0. The molecule has 0 heterocycles. The number of amides is 2. The molecule has 0 saturated carbocycles. The molecular formula is C14H19N3O4. The average molecular weight is 293 g/mol. The summed E-state index contributed by atoms with van der Waals surface area (Å²) < 4.78 is 0. The number of aliphatic carboxylic acids is 1. The number of benzene rings is 1. The van der Waals surface area contributed by atoms with Gasteiger partial charge in [0, 0.05) is 19.9 Å². The fourth-order valence-electron chi connectivity index (χ4n) is 1.67. The van der Waals surface area contributed by atoms with Gasteiger partial charge in [-0.05, 0) is 5.56 Å². The number of carboxylic acids is 1. The van der Waals surface area contributed by atoms with Gasteiger partial charge in [-0.2, -0.15) is 0 Å². The minimum Gasteiger partial charge on any atom is -0.480 e. The van der Waals surface area contributed by atoms with Gasteiger partial charge in [-0.15, -0.1) is 0 Å². The second-order valence-electron chi connectivity index (χ2n) is 4.45. The number of nitrogens with one attached hydrogen (secondary N) is 2. The number of carboxylic acid groups (broad SMARTS) is 1. The predicted molar refractivity (Wildman–Crippen MR) is 75.9 cm³/mol. The lowest BCUT2D eigenvalue weighted by Crippen LogP contribution is -2.45. The van der Waals surface area contributed by atoms with Crippen LogP contribution in [-0.4, -0.2) is 41.0 Å². The summed E-state index contributed by atoms with van der Waals surface area (Å²) in [5.74, 6) is -1.60. The van der Waals surface area contributed by atoms with Gasteiger partial charge < -0.3 is 10.4 Å². The molecule has 0 aliphatic rings. The number of nitrogens with zero attached hydrogens (tertiary/aromatic N) is 1. The molecule has 1 aromatic carbocycles. The van der Waals surface area contributed by atoms with Crippen molar-refractivity contribution in [3.63, 3.8) is 0 Å². The molecule has 3 N–H and O–H groups in total. The molecule has 114 valence electrons. The molecule has 2 amide bonds. The number of hydrazine groups is 1. The SMILES string of the molecule is CC(=O)NN(Cc1ccccc1)C(=O)CCNCC(=O)O. The van der Waals surface area contributed by atoms with E-state index in [1.165, 1.54) is 11.9 Å². The number of carbonyl (C=O) groups excluding carboxylic acids is 2. The van der Waals surface area contributed by atoms with Gasteiger partial charge in [-0.25, -0.2) is 5.01 Å². The van der Waals surface area contributed by atoms with Crippen LogP contribution in [0.3, 0.4) is 0 Å². The van der Waals surface area contributed by atoms with Crippen molar-refractivity contribution in [2.75, 3.05) is 13.1 Å². The smallest absolute Gasteiger partial charge is 0.317 e. The van der Waals surface area contributed by atoms with Crippen molar-refractivity contribution in [2.24, 2.45) is 0 Å². The van der Waals surface area contributed by atoms with E-state index in [-0.39, 0.29) is 37.9 Å². The molecule has 0 bridgehead atoms. The van der Waals surface area contributed by atoms with Gasteiger partial charge in [0.15, 0.2) is 0 Å². The highest BCUT2D eigenvalue weighted by atomic mass is 16.4. The van der Waals surface area contributed by atoms with Crippen LogP contribution in [0.2, 0.25) is 0 Å². The van der Waals surface area contributed by atoms with E-state index in [1.54, 1.807) is 0 Å². The fourth-order valence-corrected chi connectivity index (χ4v) is 1.67. The van der Waals surface area contributed by atoms with Crippen LogP contribution in [0.4, 0.5) is 0 Å². The van der Waals surface area contributed by atoms with E-state index < -0.39 is 5.97 Å². The lowest BCUT2D eigenvalue weighted by Gasteiger charge is -2.22. The molecule has 0 aromatic heterocycles. The van der Waals surface area contributed by atoms with E-state index >= 15 is 0 Å². The molecule has 0 atom stereocenters. The predicted octanol–water partition coefficient (Wildman–Crippen LogP) is 0.131. The van der Waals surface area contributed by atoms with E-state index in [0.29, 0.717) is 0 Å². The third-order valence-electron chi connectivity index (χ3n) is 2.57. The Kier molecular flexibility index (Phi) is 6.90. The minimum atomic E-state index is -0.981. The van der Waals surface area contributed by atoms with Crippen LogP contribution in [0.1, 0.15) is 18.9 Å². The third-order valence-corrected chi connectivity index (χ3v) is 2.57. The summed E-state index contributed by atoms with van der Waals surface area (Å²) in [4.78, 5) is 33.6. The first kappa shape index (κ1) is 16.6. The normalized spacial score (nSPS) is 9.95. The number of rotatable bonds is 7. The zero-order valence-corrected chi connectivity index (χ0v) is 11.8. The number of hydrogen-bond donors (Lipinski definition) is 3. The third kappa shape index (κ3) is 7.07. The molecule has 0 unspecified atom stereocenters. The lowest BCUT2D eigenvalue weighted by atomic mass is 10.2. The van der Waals surface area contributed by atoms with Gasteiger partial charge in [-0.3, -0.25) is 19.8 Å². The fraction of sp³-hybridized carbons (Fsp3) is 0.357. The van der Waals surface area contributed by atoms with Crippen molar-refractivity contribution in [1.82, 2.24) is 15.8 Å². The Labute approximate surface area is 122 Å². The highest BCUT2D eigenvalue weighted by Gasteiger charge is 2.14. The Hall–Kier alpha value is -2.41. The second kappa shape index (κ2) is 8.70. The number of carbonyl (C=O) groups is 3. The van der Waals surface area contributed by atoms with Gasteiger partial charge >= 0.3 is 5.97 Å². The van der Waals surface area contributed by atoms with Crippen LogP contribution >= 0.6 is 0 Å². The average Bonchev–Trinajstić information content (AvgIpc) is 2.43. The molecule has 0 saturated heterocycles. The van der Waals surface area contributed by atoms with Crippen LogP contribution in [-0.2, 0) is 20.9 Å². The van der Waals surface area contributed by atoms with Gasteiger partial charge in [0.25, 0.3) is 0 Å². The standard InChI is InChI=1S/C14H19N3O4/c1-11(18)16-17(10-12-5-3-2-4-6-12)13(19)7-8-15-9-14(20)21/h2-6,15H,7-10H2,1H3,(H,16,18)(H,20,21). The Balaban J connectivity index is 2.53. The summed E-state index contributed by atoms with van der Waals surface area (Å²) >= 11 is 0. The van der Waals surface area contributed by atoms with Crippen molar-refractivity contribution in [2.45, 2.75) is 19.9 Å². The maximum Gasteiger partial charge on any atom is 0.317 e. The highest BCUT2D eigenvalue weighted by molar-refractivity contribution is 5.81. The Bertz CT molecular complexity index is 490.